The molecule has 1 atom stereocenters. The summed E-state index contributed by atoms with van der Waals surface area (Å²) >= 11 is 0. The number of hydrogen-bond donors (Lipinski definition) is 2. The number of amides is 4. The highest BCUT2D eigenvalue weighted by Gasteiger charge is 2.39. The molecule has 8 heteroatoms. The van der Waals surface area contributed by atoms with Crippen molar-refractivity contribution in [2.24, 2.45) is 0 Å². The number of carbonyl (C=O) groups is 4. The maximum atomic E-state index is 13.3. The van der Waals surface area contributed by atoms with Crippen molar-refractivity contribution in [3.63, 3.8) is 0 Å². The molecule has 0 bridgehead atoms. The van der Waals surface area contributed by atoms with Gasteiger partial charge in [-0.25, -0.2) is 9.80 Å². The van der Waals surface area contributed by atoms with Crippen LogP contribution in [-0.2, 0) is 25.6 Å². The van der Waals surface area contributed by atoms with Crippen molar-refractivity contribution >= 4 is 46.4 Å². The highest BCUT2D eigenvalue weighted by atomic mass is 16.2. The fourth-order valence-corrected chi connectivity index (χ4v) is 5.48. The second-order valence-corrected chi connectivity index (χ2v) is 10.9. The average Bonchev–Trinajstić information content (AvgIpc) is 3.48. The first-order valence-electron chi connectivity index (χ1n) is 14.0. The molecule has 4 aromatic rings. The van der Waals surface area contributed by atoms with E-state index < -0.39 is 6.04 Å². The Labute approximate surface area is 249 Å². The second-order valence-electron chi connectivity index (χ2n) is 10.9. The Morgan fingerprint density at radius 1 is 0.698 bits per heavy atom. The molecule has 1 unspecified atom stereocenters. The molecule has 2 heterocycles. The van der Waals surface area contributed by atoms with E-state index in [1.54, 1.807) is 24.3 Å². The average molecular weight is 571 g/mol. The zero-order valence-corrected chi connectivity index (χ0v) is 23.8. The lowest BCUT2D eigenvalue weighted by atomic mass is 10.00. The molecule has 0 saturated carbocycles. The van der Waals surface area contributed by atoms with Crippen LogP contribution >= 0.6 is 0 Å². The van der Waals surface area contributed by atoms with Crippen LogP contribution in [0.5, 0.6) is 0 Å². The number of imide groups is 2. The molecule has 3 N–H and O–H groups in total. The standard InChI is InChI=1S/C35H30N4O4/c1-21-17-25(7-13-29(21)36)26-8-14-30(22(2)18-26)37-31-20-34(42)39(35(31)43)28-11-5-24(6-12-28)19-23-3-9-27(10-4-23)38-32(40)15-16-33(38)41/h3-18,31,37H,19-20,36H2,1-2H3. The van der Waals surface area contributed by atoms with Crippen LogP contribution in [0.1, 0.15) is 28.7 Å². The van der Waals surface area contributed by atoms with Crippen LogP contribution in [0, 0.1) is 13.8 Å². The van der Waals surface area contributed by atoms with Crippen molar-refractivity contribution in [3.05, 3.63) is 119 Å². The molecule has 43 heavy (non-hydrogen) atoms. The van der Waals surface area contributed by atoms with Gasteiger partial charge in [0.2, 0.25) is 5.91 Å². The minimum atomic E-state index is -0.654. The number of nitrogens with two attached hydrogens (primary N) is 1. The van der Waals surface area contributed by atoms with E-state index in [9.17, 15) is 19.2 Å². The van der Waals surface area contributed by atoms with Gasteiger partial charge in [-0.3, -0.25) is 19.2 Å². The lowest BCUT2D eigenvalue weighted by Gasteiger charge is -2.18. The Kier molecular flexibility index (Phi) is 7.11. The summed E-state index contributed by atoms with van der Waals surface area (Å²) in [7, 11) is 0. The predicted molar refractivity (Wildman–Crippen MR) is 168 cm³/mol. The van der Waals surface area contributed by atoms with E-state index in [4.69, 9.17) is 5.73 Å². The normalized spacial score (nSPS) is 16.5. The third-order valence-electron chi connectivity index (χ3n) is 7.91. The van der Waals surface area contributed by atoms with Crippen LogP contribution in [0.3, 0.4) is 0 Å². The van der Waals surface area contributed by atoms with E-state index in [1.807, 2.05) is 62.4 Å². The van der Waals surface area contributed by atoms with Crippen LogP contribution in [0.15, 0.2) is 97.1 Å². The van der Waals surface area contributed by atoms with Crippen molar-refractivity contribution in [2.45, 2.75) is 32.7 Å². The first kappa shape index (κ1) is 27.7. The number of nitrogen functional groups attached to an aromatic ring is 1. The molecule has 4 amide bonds. The Balaban J connectivity index is 1.11. The summed E-state index contributed by atoms with van der Waals surface area (Å²) in [5.41, 5.74) is 14.7. The predicted octanol–water partition coefficient (Wildman–Crippen LogP) is 5.32. The number of hydrogen-bond acceptors (Lipinski definition) is 6. The number of aryl methyl sites for hydroxylation is 2. The van der Waals surface area contributed by atoms with Gasteiger partial charge in [-0.1, -0.05) is 36.4 Å². The number of carbonyl (C=O) groups excluding carboxylic acids is 4. The van der Waals surface area contributed by atoms with Crippen LogP contribution in [0.2, 0.25) is 0 Å². The first-order valence-corrected chi connectivity index (χ1v) is 14.0. The number of nitrogens with one attached hydrogen (secondary N) is 1. The summed E-state index contributed by atoms with van der Waals surface area (Å²) in [6, 6.07) is 25.9. The van der Waals surface area contributed by atoms with Gasteiger partial charge in [0.1, 0.15) is 6.04 Å². The van der Waals surface area contributed by atoms with Gasteiger partial charge in [-0.2, -0.15) is 0 Å². The van der Waals surface area contributed by atoms with Crippen molar-refractivity contribution in [1.82, 2.24) is 0 Å². The first-order chi connectivity index (χ1) is 20.7. The molecule has 2 aliphatic heterocycles. The summed E-state index contributed by atoms with van der Waals surface area (Å²) in [6.07, 6.45) is 3.20. The zero-order valence-electron chi connectivity index (χ0n) is 23.8. The lowest BCUT2D eigenvalue weighted by molar-refractivity contribution is -0.122. The molecule has 0 radical (unpaired) electrons. The minimum absolute atomic E-state index is 0.0722. The fourth-order valence-electron chi connectivity index (χ4n) is 5.48. The van der Waals surface area contributed by atoms with Gasteiger partial charge >= 0.3 is 0 Å². The van der Waals surface area contributed by atoms with E-state index >= 15 is 0 Å². The third kappa shape index (κ3) is 5.42. The van der Waals surface area contributed by atoms with Crippen LogP contribution in [-0.4, -0.2) is 29.7 Å². The van der Waals surface area contributed by atoms with Crippen LogP contribution in [0.4, 0.5) is 22.7 Å². The molecule has 1 fully saturated rings. The van der Waals surface area contributed by atoms with Gasteiger partial charge in [0.15, 0.2) is 0 Å². The Morgan fingerprint density at radius 3 is 1.79 bits per heavy atom. The van der Waals surface area contributed by atoms with Gasteiger partial charge in [-0.05, 0) is 102 Å². The molecule has 0 aliphatic carbocycles. The van der Waals surface area contributed by atoms with Gasteiger partial charge in [0, 0.05) is 23.5 Å². The van der Waals surface area contributed by atoms with Crippen LogP contribution in [0.25, 0.3) is 11.1 Å². The molecular weight excluding hydrogens is 540 g/mol. The smallest absolute Gasteiger partial charge is 0.258 e. The molecular formula is C35H30N4O4. The third-order valence-corrected chi connectivity index (χ3v) is 7.91. The summed E-state index contributed by atoms with van der Waals surface area (Å²) < 4.78 is 0. The lowest BCUT2D eigenvalue weighted by Crippen LogP contribution is -2.34. The van der Waals surface area contributed by atoms with Gasteiger partial charge in [-0.15, -0.1) is 0 Å². The van der Waals surface area contributed by atoms with Crippen molar-refractivity contribution in [2.75, 3.05) is 20.9 Å². The minimum Gasteiger partial charge on any atom is -0.399 e. The maximum absolute atomic E-state index is 13.3. The highest BCUT2D eigenvalue weighted by Crippen LogP contribution is 2.30. The zero-order chi connectivity index (χ0) is 30.2. The quantitative estimate of drug-likeness (QED) is 0.230. The number of anilines is 4. The number of benzene rings is 4. The second kappa shape index (κ2) is 11.1. The largest absolute Gasteiger partial charge is 0.399 e. The van der Waals surface area contributed by atoms with E-state index in [2.05, 4.69) is 17.4 Å². The Morgan fingerprint density at radius 2 is 1.23 bits per heavy atom. The van der Waals surface area contributed by atoms with Gasteiger partial charge < -0.3 is 11.1 Å². The SMILES string of the molecule is Cc1cc(-c2ccc(NC3CC(=O)N(c4ccc(Cc5ccc(N6C(=O)C=CC6=O)cc5)cc4)C3=O)c(C)c2)ccc1N. The summed E-state index contributed by atoms with van der Waals surface area (Å²) in [4.78, 5) is 52.5. The Bertz CT molecular complexity index is 1790. The molecule has 0 aromatic heterocycles. The summed E-state index contributed by atoms with van der Waals surface area (Å²) in [5.74, 6) is -1.24. The van der Waals surface area contributed by atoms with Gasteiger partial charge in [0.25, 0.3) is 17.7 Å². The molecule has 2 aliphatic rings. The topological polar surface area (TPSA) is 113 Å². The highest BCUT2D eigenvalue weighted by molar-refractivity contribution is 6.28. The molecule has 8 nitrogen and oxygen atoms in total. The van der Waals surface area contributed by atoms with E-state index in [1.165, 1.54) is 17.1 Å². The number of rotatable bonds is 7. The van der Waals surface area contributed by atoms with E-state index in [0.29, 0.717) is 17.8 Å². The summed E-state index contributed by atoms with van der Waals surface area (Å²) in [6.45, 7) is 3.95. The molecule has 0 spiro atoms. The molecule has 1 saturated heterocycles. The monoisotopic (exact) mass is 570 g/mol. The Hall–Kier alpha value is -5.50. The molecule has 214 valence electrons. The molecule has 6 rings (SSSR count). The van der Waals surface area contributed by atoms with Crippen molar-refractivity contribution < 1.29 is 19.2 Å². The fraction of sp³-hybridized carbons (Fsp3) is 0.143. The van der Waals surface area contributed by atoms with Gasteiger partial charge in [0.05, 0.1) is 17.8 Å². The van der Waals surface area contributed by atoms with E-state index in [0.717, 1.165) is 49.7 Å². The van der Waals surface area contributed by atoms with Crippen molar-refractivity contribution in [1.29, 1.82) is 0 Å². The van der Waals surface area contributed by atoms with Crippen LogP contribution < -0.4 is 20.9 Å². The maximum Gasteiger partial charge on any atom is 0.258 e. The number of nitrogens with zero attached hydrogens (tertiary/aromatic N) is 2. The summed E-state index contributed by atoms with van der Waals surface area (Å²) in [5, 5.41) is 3.28. The van der Waals surface area contributed by atoms with E-state index in [-0.39, 0.29) is 30.0 Å². The molecule has 4 aromatic carbocycles. The van der Waals surface area contributed by atoms with Crippen molar-refractivity contribution in [3.8, 4) is 11.1 Å².